The van der Waals surface area contributed by atoms with Gasteiger partial charge in [-0.1, -0.05) is 42.5 Å². The number of ether oxygens (including phenoxy) is 1. The quantitative estimate of drug-likeness (QED) is 0.745. The van der Waals surface area contributed by atoms with Gasteiger partial charge in [-0.3, -0.25) is 4.79 Å². The van der Waals surface area contributed by atoms with E-state index in [-0.39, 0.29) is 5.91 Å². The fraction of sp³-hybridized carbons (Fsp3) is 0.190. The molecule has 0 aliphatic rings. The van der Waals surface area contributed by atoms with E-state index in [2.05, 4.69) is 11.4 Å². The highest BCUT2D eigenvalue weighted by Gasteiger charge is 2.16. The smallest absolute Gasteiger partial charge is 0.265 e. The van der Waals surface area contributed by atoms with E-state index in [1.54, 1.807) is 6.92 Å². The molecule has 0 heterocycles. The number of benzene rings is 3. The molecule has 3 aromatic rings. The van der Waals surface area contributed by atoms with Gasteiger partial charge in [0.25, 0.3) is 5.91 Å². The summed E-state index contributed by atoms with van der Waals surface area (Å²) < 4.78 is 5.81. The van der Waals surface area contributed by atoms with Crippen LogP contribution in [0.2, 0.25) is 0 Å². The number of carbonyl (C=O) groups is 1. The van der Waals surface area contributed by atoms with Gasteiger partial charge in [-0.05, 0) is 60.9 Å². The third-order valence-corrected chi connectivity index (χ3v) is 4.05. The molecule has 0 bridgehead atoms. The molecule has 0 aliphatic carbocycles. The van der Waals surface area contributed by atoms with Crippen molar-refractivity contribution in [3.63, 3.8) is 0 Å². The Morgan fingerprint density at radius 1 is 0.958 bits per heavy atom. The van der Waals surface area contributed by atoms with Crippen LogP contribution in [0.5, 0.6) is 5.75 Å². The van der Waals surface area contributed by atoms with Gasteiger partial charge in [0, 0.05) is 5.69 Å². The predicted octanol–water partition coefficient (Wildman–Crippen LogP) is 4.86. The third-order valence-electron chi connectivity index (χ3n) is 4.05. The van der Waals surface area contributed by atoms with Crippen LogP contribution in [0.3, 0.4) is 0 Å². The summed E-state index contributed by atoms with van der Waals surface area (Å²) in [5.41, 5.74) is 2.97. The van der Waals surface area contributed by atoms with Gasteiger partial charge in [0.05, 0.1) is 0 Å². The number of fused-ring (bicyclic) bond motifs is 1. The average Bonchev–Trinajstić information content (AvgIpc) is 2.58. The van der Waals surface area contributed by atoms with Crippen molar-refractivity contribution >= 4 is 22.4 Å². The second-order valence-electron chi connectivity index (χ2n) is 6.08. The Hall–Kier alpha value is -2.81. The lowest BCUT2D eigenvalue weighted by atomic mass is 10.1. The van der Waals surface area contributed by atoms with Crippen LogP contribution in [-0.2, 0) is 4.79 Å². The Kier molecular flexibility index (Phi) is 4.52. The van der Waals surface area contributed by atoms with Gasteiger partial charge in [-0.15, -0.1) is 0 Å². The number of nitrogens with one attached hydrogen (secondary N) is 1. The molecule has 3 heteroatoms. The van der Waals surface area contributed by atoms with Crippen LogP contribution in [0.1, 0.15) is 18.1 Å². The largest absolute Gasteiger partial charge is 0.481 e. The van der Waals surface area contributed by atoms with E-state index in [0.29, 0.717) is 5.75 Å². The maximum absolute atomic E-state index is 12.4. The molecule has 3 nitrogen and oxygen atoms in total. The second kappa shape index (κ2) is 6.75. The summed E-state index contributed by atoms with van der Waals surface area (Å²) in [6, 6.07) is 19.9. The van der Waals surface area contributed by atoms with Crippen molar-refractivity contribution in [2.45, 2.75) is 26.9 Å². The van der Waals surface area contributed by atoms with Crippen molar-refractivity contribution in [2.24, 2.45) is 0 Å². The molecule has 0 fully saturated rings. The zero-order valence-corrected chi connectivity index (χ0v) is 14.2. The van der Waals surface area contributed by atoms with Gasteiger partial charge in [-0.2, -0.15) is 0 Å². The zero-order valence-electron chi connectivity index (χ0n) is 14.2. The highest BCUT2D eigenvalue weighted by Crippen LogP contribution is 2.22. The molecule has 3 rings (SSSR count). The summed E-state index contributed by atoms with van der Waals surface area (Å²) in [4.78, 5) is 12.4. The monoisotopic (exact) mass is 319 g/mol. The maximum Gasteiger partial charge on any atom is 0.265 e. The van der Waals surface area contributed by atoms with E-state index in [1.807, 2.05) is 68.4 Å². The molecule has 1 atom stereocenters. The van der Waals surface area contributed by atoms with Crippen LogP contribution < -0.4 is 10.1 Å². The van der Waals surface area contributed by atoms with Crippen molar-refractivity contribution in [1.82, 2.24) is 0 Å². The van der Waals surface area contributed by atoms with E-state index in [4.69, 9.17) is 4.74 Å². The maximum atomic E-state index is 12.4. The van der Waals surface area contributed by atoms with Gasteiger partial charge in [-0.25, -0.2) is 0 Å². The van der Waals surface area contributed by atoms with Gasteiger partial charge in [0.2, 0.25) is 0 Å². The lowest BCUT2D eigenvalue weighted by Crippen LogP contribution is -2.30. The molecule has 1 N–H and O–H groups in total. The van der Waals surface area contributed by atoms with E-state index in [9.17, 15) is 4.79 Å². The minimum atomic E-state index is -0.578. The van der Waals surface area contributed by atoms with Gasteiger partial charge in [0.1, 0.15) is 5.75 Å². The Morgan fingerprint density at radius 2 is 1.71 bits per heavy atom. The van der Waals surface area contributed by atoms with Crippen LogP contribution in [0, 0.1) is 13.8 Å². The summed E-state index contributed by atoms with van der Waals surface area (Å²) in [6.07, 6.45) is -0.578. The Labute approximate surface area is 142 Å². The number of amides is 1. The van der Waals surface area contributed by atoms with Crippen molar-refractivity contribution in [3.8, 4) is 5.75 Å². The minimum absolute atomic E-state index is 0.156. The minimum Gasteiger partial charge on any atom is -0.481 e. The molecule has 0 radical (unpaired) electrons. The van der Waals surface area contributed by atoms with Crippen molar-refractivity contribution in [1.29, 1.82) is 0 Å². The lowest BCUT2D eigenvalue weighted by molar-refractivity contribution is -0.122. The molecule has 1 amide bonds. The summed E-state index contributed by atoms with van der Waals surface area (Å²) >= 11 is 0. The number of hydrogen-bond donors (Lipinski definition) is 1. The first kappa shape index (κ1) is 16.1. The first-order valence-corrected chi connectivity index (χ1v) is 8.06. The van der Waals surface area contributed by atoms with Gasteiger partial charge in [0.15, 0.2) is 6.10 Å². The topological polar surface area (TPSA) is 38.3 Å². The fourth-order valence-electron chi connectivity index (χ4n) is 2.60. The molecule has 0 aliphatic heterocycles. The summed E-state index contributed by atoms with van der Waals surface area (Å²) in [6.45, 7) is 5.74. The molecule has 122 valence electrons. The normalized spacial score (nSPS) is 12.0. The first-order valence-electron chi connectivity index (χ1n) is 8.06. The first-order chi connectivity index (χ1) is 11.5. The van der Waals surface area contributed by atoms with Crippen LogP contribution in [0.4, 0.5) is 5.69 Å². The Morgan fingerprint density at radius 3 is 2.50 bits per heavy atom. The highest BCUT2D eigenvalue weighted by molar-refractivity contribution is 5.95. The molecule has 0 aromatic heterocycles. The molecule has 0 spiro atoms. The predicted molar refractivity (Wildman–Crippen MR) is 98.6 cm³/mol. The summed E-state index contributed by atoms with van der Waals surface area (Å²) in [5.74, 6) is 0.536. The van der Waals surface area contributed by atoms with E-state index in [0.717, 1.165) is 27.6 Å². The van der Waals surface area contributed by atoms with Crippen molar-refractivity contribution in [3.05, 3.63) is 71.8 Å². The van der Waals surface area contributed by atoms with Crippen LogP contribution in [-0.4, -0.2) is 12.0 Å². The molecule has 0 saturated carbocycles. The van der Waals surface area contributed by atoms with Crippen molar-refractivity contribution in [2.75, 3.05) is 5.32 Å². The number of hydrogen-bond acceptors (Lipinski definition) is 2. The SMILES string of the molecule is Cc1ccc(C)c(NC(=O)[C@H](C)Oc2ccc3ccccc3c2)c1. The average molecular weight is 319 g/mol. The lowest BCUT2D eigenvalue weighted by Gasteiger charge is -2.16. The molecule has 24 heavy (non-hydrogen) atoms. The number of rotatable bonds is 4. The Balaban J connectivity index is 1.72. The molecular formula is C21H21NO2. The van der Waals surface area contributed by atoms with E-state index in [1.165, 1.54) is 0 Å². The molecule has 0 saturated heterocycles. The van der Waals surface area contributed by atoms with Crippen LogP contribution in [0.25, 0.3) is 10.8 Å². The van der Waals surface area contributed by atoms with E-state index < -0.39 is 6.10 Å². The fourth-order valence-corrected chi connectivity index (χ4v) is 2.60. The van der Waals surface area contributed by atoms with Crippen molar-refractivity contribution < 1.29 is 9.53 Å². The molecule has 0 unspecified atom stereocenters. The number of carbonyl (C=O) groups excluding carboxylic acids is 1. The summed E-state index contributed by atoms with van der Waals surface area (Å²) in [7, 11) is 0. The molecular weight excluding hydrogens is 298 g/mol. The standard InChI is InChI=1S/C21H21NO2/c1-14-8-9-15(2)20(12-14)22-21(23)16(3)24-19-11-10-17-6-4-5-7-18(17)13-19/h4-13,16H,1-3H3,(H,22,23)/t16-/m0/s1. The molecule has 3 aromatic carbocycles. The van der Waals surface area contributed by atoms with Gasteiger partial charge >= 0.3 is 0 Å². The number of aryl methyl sites for hydroxylation is 2. The number of anilines is 1. The third kappa shape index (κ3) is 3.57. The second-order valence-corrected chi connectivity index (χ2v) is 6.08. The van der Waals surface area contributed by atoms with Crippen LogP contribution in [0.15, 0.2) is 60.7 Å². The summed E-state index contributed by atoms with van der Waals surface area (Å²) in [5, 5.41) is 5.19. The van der Waals surface area contributed by atoms with E-state index >= 15 is 0 Å². The highest BCUT2D eigenvalue weighted by atomic mass is 16.5. The zero-order chi connectivity index (χ0) is 17.1. The van der Waals surface area contributed by atoms with Crippen LogP contribution >= 0.6 is 0 Å². The van der Waals surface area contributed by atoms with Gasteiger partial charge < -0.3 is 10.1 Å². The Bertz CT molecular complexity index is 886.